The molecule has 228 valence electrons. The van der Waals surface area contributed by atoms with Gasteiger partial charge in [0.2, 0.25) is 17.4 Å². The SMILES string of the molecule is CC(Cc1ccc(Oc2cc(N3CCN(Cc4ccccc4)CC3)nc(N3CCCC3)n2)cc1)(Oc1ccccc1)C(=O)O. The molecule has 3 aromatic carbocycles. The van der Waals surface area contributed by atoms with Gasteiger partial charge in [-0.3, -0.25) is 4.90 Å². The number of para-hydroxylation sites is 1. The fraction of sp³-hybridized carbons (Fsp3) is 0.343. The van der Waals surface area contributed by atoms with Crippen molar-refractivity contribution in [3.63, 3.8) is 0 Å². The molecule has 9 nitrogen and oxygen atoms in total. The molecule has 3 heterocycles. The third kappa shape index (κ3) is 7.29. The summed E-state index contributed by atoms with van der Waals surface area (Å²) in [6, 6.07) is 29.0. The van der Waals surface area contributed by atoms with Crippen LogP contribution in [0.15, 0.2) is 91.0 Å². The third-order valence-electron chi connectivity index (χ3n) is 8.24. The number of hydrogen-bond acceptors (Lipinski definition) is 8. The van der Waals surface area contributed by atoms with E-state index in [-0.39, 0.29) is 6.42 Å². The first-order valence-electron chi connectivity index (χ1n) is 15.3. The normalized spacial score (nSPS) is 16.8. The van der Waals surface area contributed by atoms with Gasteiger partial charge in [-0.1, -0.05) is 60.7 Å². The van der Waals surface area contributed by atoms with Crippen molar-refractivity contribution >= 4 is 17.7 Å². The van der Waals surface area contributed by atoms with Crippen LogP contribution in [0.3, 0.4) is 0 Å². The highest BCUT2D eigenvalue weighted by molar-refractivity contribution is 5.78. The molecule has 0 amide bonds. The van der Waals surface area contributed by atoms with Crippen molar-refractivity contribution in [1.29, 1.82) is 0 Å². The summed E-state index contributed by atoms with van der Waals surface area (Å²) in [7, 11) is 0. The van der Waals surface area contributed by atoms with E-state index in [2.05, 4.69) is 45.0 Å². The van der Waals surface area contributed by atoms with Gasteiger partial charge in [-0.2, -0.15) is 9.97 Å². The van der Waals surface area contributed by atoms with Crippen molar-refractivity contribution in [1.82, 2.24) is 14.9 Å². The van der Waals surface area contributed by atoms with E-state index in [1.54, 1.807) is 19.1 Å². The standard InChI is InChI=1S/C35H39N5O4/c1-35(33(41)42,44-30-12-6-3-7-13-30)25-27-14-16-29(17-15-27)43-32-24-31(36-34(37-32)40-18-8-9-19-40)39-22-20-38(21-23-39)26-28-10-4-2-5-11-28/h2-7,10-17,24H,8-9,18-23,25-26H2,1H3,(H,41,42). The molecular formula is C35H39N5O4. The van der Waals surface area contributed by atoms with Gasteiger partial charge in [-0.15, -0.1) is 0 Å². The Hall–Kier alpha value is -4.63. The van der Waals surface area contributed by atoms with E-state index in [9.17, 15) is 9.90 Å². The second kappa shape index (κ2) is 13.3. The molecule has 2 saturated heterocycles. The van der Waals surface area contributed by atoms with Crippen molar-refractivity contribution < 1.29 is 19.4 Å². The quantitative estimate of drug-likeness (QED) is 0.237. The second-order valence-corrected chi connectivity index (χ2v) is 11.7. The summed E-state index contributed by atoms with van der Waals surface area (Å²) in [5.74, 6) is 2.20. The first-order chi connectivity index (χ1) is 21.4. The summed E-state index contributed by atoms with van der Waals surface area (Å²) in [5, 5.41) is 9.96. The Morgan fingerprint density at radius 2 is 1.43 bits per heavy atom. The number of carboxylic acid groups (broad SMARTS) is 1. The number of nitrogens with zero attached hydrogens (tertiary/aromatic N) is 5. The largest absolute Gasteiger partial charge is 0.478 e. The van der Waals surface area contributed by atoms with Gasteiger partial charge in [0.25, 0.3) is 0 Å². The van der Waals surface area contributed by atoms with Gasteiger partial charge < -0.3 is 24.4 Å². The predicted octanol–water partition coefficient (Wildman–Crippen LogP) is 5.66. The number of benzene rings is 3. The Balaban J connectivity index is 1.15. The number of piperazine rings is 1. The highest BCUT2D eigenvalue weighted by Crippen LogP contribution is 2.30. The first kappa shape index (κ1) is 29.4. The number of anilines is 2. The molecule has 0 radical (unpaired) electrons. The third-order valence-corrected chi connectivity index (χ3v) is 8.24. The molecule has 1 atom stereocenters. The van der Waals surface area contributed by atoms with E-state index in [1.807, 2.05) is 48.5 Å². The van der Waals surface area contributed by atoms with E-state index in [4.69, 9.17) is 19.4 Å². The minimum absolute atomic E-state index is 0.199. The van der Waals surface area contributed by atoms with E-state index in [0.717, 1.165) is 70.0 Å². The van der Waals surface area contributed by atoms with Crippen molar-refractivity contribution in [2.24, 2.45) is 0 Å². The number of carbonyl (C=O) groups is 1. The molecule has 44 heavy (non-hydrogen) atoms. The average molecular weight is 594 g/mol. The van der Waals surface area contributed by atoms with E-state index in [1.165, 1.54) is 5.56 Å². The summed E-state index contributed by atoms with van der Waals surface area (Å²) in [6.45, 7) is 8.10. The highest BCUT2D eigenvalue weighted by atomic mass is 16.5. The Morgan fingerprint density at radius 1 is 0.773 bits per heavy atom. The monoisotopic (exact) mass is 593 g/mol. The minimum Gasteiger partial charge on any atom is -0.478 e. The molecule has 9 heteroatoms. The van der Waals surface area contributed by atoms with Crippen LogP contribution in [0.1, 0.15) is 30.9 Å². The van der Waals surface area contributed by atoms with E-state index in [0.29, 0.717) is 23.3 Å². The number of carboxylic acids is 1. The maximum atomic E-state index is 12.2. The summed E-state index contributed by atoms with van der Waals surface area (Å²) in [6.07, 6.45) is 2.46. The van der Waals surface area contributed by atoms with Crippen LogP contribution in [-0.4, -0.2) is 70.8 Å². The molecule has 0 saturated carbocycles. The maximum absolute atomic E-state index is 12.2. The van der Waals surface area contributed by atoms with Crippen LogP contribution in [-0.2, 0) is 17.8 Å². The van der Waals surface area contributed by atoms with Gasteiger partial charge in [0.15, 0.2) is 0 Å². The predicted molar refractivity (Wildman–Crippen MR) is 171 cm³/mol. The van der Waals surface area contributed by atoms with E-state index >= 15 is 0 Å². The Labute approximate surface area is 258 Å². The van der Waals surface area contributed by atoms with Gasteiger partial charge in [-0.05, 0) is 55.2 Å². The molecule has 2 aliphatic heterocycles. The Kier molecular flexibility index (Phi) is 8.93. The number of aromatic nitrogens is 2. The van der Waals surface area contributed by atoms with Crippen LogP contribution in [0.25, 0.3) is 0 Å². The topological polar surface area (TPSA) is 91.3 Å². The van der Waals surface area contributed by atoms with Gasteiger partial charge in [-0.25, -0.2) is 4.79 Å². The van der Waals surface area contributed by atoms with Crippen molar-refractivity contribution in [2.75, 3.05) is 49.1 Å². The van der Waals surface area contributed by atoms with Crippen LogP contribution in [0.4, 0.5) is 11.8 Å². The molecule has 0 spiro atoms. The minimum atomic E-state index is -1.42. The van der Waals surface area contributed by atoms with Crippen LogP contribution in [0.5, 0.6) is 17.4 Å². The molecule has 4 aromatic rings. The van der Waals surface area contributed by atoms with Crippen LogP contribution in [0, 0.1) is 0 Å². The molecule has 1 aromatic heterocycles. The van der Waals surface area contributed by atoms with E-state index < -0.39 is 11.6 Å². The van der Waals surface area contributed by atoms with Crippen LogP contribution >= 0.6 is 0 Å². The zero-order valence-corrected chi connectivity index (χ0v) is 25.1. The lowest BCUT2D eigenvalue weighted by atomic mass is 9.96. The molecule has 1 unspecified atom stereocenters. The second-order valence-electron chi connectivity index (χ2n) is 11.7. The molecule has 6 rings (SSSR count). The van der Waals surface area contributed by atoms with Gasteiger partial charge >= 0.3 is 5.97 Å². The first-order valence-corrected chi connectivity index (χ1v) is 15.3. The number of hydrogen-bond donors (Lipinski definition) is 1. The lowest BCUT2D eigenvalue weighted by Crippen LogP contribution is -2.46. The average Bonchev–Trinajstić information content (AvgIpc) is 3.59. The Bertz CT molecular complexity index is 1520. The van der Waals surface area contributed by atoms with Gasteiger partial charge in [0.05, 0.1) is 0 Å². The van der Waals surface area contributed by atoms with Crippen LogP contribution < -0.4 is 19.3 Å². The molecule has 1 N–H and O–H groups in total. The highest BCUT2D eigenvalue weighted by Gasteiger charge is 2.36. The summed E-state index contributed by atoms with van der Waals surface area (Å²) >= 11 is 0. The zero-order chi connectivity index (χ0) is 30.4. The number of ether oxygens (including phenoxy) is 2. The fourth-order valence-corrected chi connectivity index (χ4v) is 5.74. The lowest BCUT2D eigenvalue weighted by molar-refractivity contribution is -0.153. The van der Waals surface area contributed by atoms with Crippen LogP contribution in [0.2, 0.25) is 0 Å². The number of aliphatic carboxylic acids is 1. The van der Waals surface area contributed by atoms with Gasteiger partial charge in [0, 0.05) is 58.3 Å². The van der Waals surface area contributed by atoms with Gasteiger partial charge in [0.1, 0.15) is 17.3 Å². The molecule has 0 bridgehead atoms. The maximum Gasteiger partial charge on any atom is 0.348 e. The molecular weight excluding hydrogens is 554 g/mol. The lowest BCUT2D eigenvalue weighted by Gasteiger charge is -2.35. The fourth-order valence-electron chi connectivity index (χ4n) is 5.74. The summed E-state index contributed by atoms with van der Waals surface area (Å²) < 4.78 is 12.2. The zero-order valence-electron chi connectivity index (χ0n) is 25.1. The van der Waals surface area contributed by atoms with Crippen molar-refractivity contribution in [3.8, 4) is 17.4 Å². The molecule has 2 aliphatic rings. The summed E-state index contributed by atoms with van der Waals surface area (Å²) in [5.41, 5.74) is 0.742. The summed E-state index contributed by atoms with van der Waals surface area (Å²) in [4.78, 5) is 28.9. The molecule has 0 aliphatic carbocycles. The van der Waals surface area contributed by atoms with Crippen molar-refractivity contribution in [2.45, 2.75) is 38.3 Å². The Morgan fingerprint density at radius 3 is 2.09 bits per heavy atom. The number of rotatable bonds is 11. The van der Waals surface area contributed by atoms with Crippen molar-refractivity contribution in [3.05, 3.63) is 102 Å². The molecule has 2 fully saturated rings. The smallest absolute Gasteiger partial charge is 0.348 e.